The number of aliphatic hydroxyl groups excluding tert-OH is 1. The van der Waals surface area contributed by atoms with Gasteiger partial charge in [-0.3, -0.25) is 0 Å². The standard InChI is InChI=1S/C10H14N2O/c11-10-6-7(4-5-12-10)8-2-1-3-9(8)13/h4-6,8-9,13H,1-3H2,(H2,11,12)/t8-,9+/m1/s1. The van der Waals surface area contributed by atoms with Crippen molar-refractivity contribution in [3.8, 4) is 0 Å². The Bertz CT molecular complexity index is 301. The van der Waals surface area contributed by atoms with Gasteiger partial charge in [0.1, 0.15) is 5.82 Å². The van der Waals surface area contributed by atoms with Crippen molar-refractivity contribution in [2.45, 2.75) is 31.3 Å². The van der Waals surface area contributed by atoms with Gasteiger partial charge in [0.05, 0.1) is 6.10 Å². The van der Waals surface area contributed by atoms with Crippen LogP contribution in [-0.4, -0.2) is 16.2 Å². The van der Waals surface area contributed by atoms with Crippen LogP contribution in [0.15, 0.2) is 18.3 Å². The monoisotopic (exact) mass is 178 g/mol. The molecule has 1 aromatic heterocycles. The summed E-state index contributed by atoms with van der Waals surface area (Å²) in [7, 11) is 0. The average molecular weight is 178 g/mol. The van der Waals surface area contributed by atoms with E-state index in [1.165, 1.54) is 0 Å². The van der Waals surface area contributed by atoms with Gasteiger partial charge in [-0.15, -0.1) is 0 Å². The SMILES string of the molecule is Nc1cc([C@H]2CCC[C@@H]2O)ccn1. The fourth-order valence-electron chi connectivity index (χ4n) is 2.03. The summed E-state index contributed by atoms with van der Waals surface area (Å²) in [6.45, 7) is 0. The molecule has 3 nitrogen and oxygen atoms in total. The van der Waals surface area contributed by atoms with Crippen molar-refractivity contribution in [2.75, 3.05) is 5.73 Å². The first-order chi connectivity index (χ1) is 6.27. The van der Waals surface area contributed by atoms with Gasteiger partial charge in [-0.1, -0.05) is 6.42 Å². The molecule has 3 heteroatoms. The van der Waals surface area contributed by atoms with Gasteiger partial charge in [-0.05, 0) is 30.5 Å². The van der Waals surface area contributed by atoms with E-state index in [0.717, 1.165) is 24.8 Å². The molecule has 0 amide bonds. The number of hydrogen-bond donors (Lipinski definition) is 2. The smallest absolute Gasteiger partial charge is 0.123 e. The van der Waals surface area contributed by atoms with Gasteiger partial charge in [0, 0.05) is 12.1 Å². The molecule has 1 aromatic rings. The molecule has 1 aliphatic rings. The molecule has 70 valence electrons. The van der Waals surface area contributed by atoms with Gasteiger partial charge in [-0.25, -0.2) is 4.98 Å². The summed E-state index contributed by atoms with van der Waals surface area (Å²) < 4.78 is 0. The number of anilines is 1. The largest absolute Gasteiger partial charge is 0.392 e. The molecule has 1 aliphatic carbocycles. The molecule has 0 bridgehead atoms. The number of nitrogens with zero attached hydrogens (tertiary/aromatic N) is 1. The van der Waals surface area contributed by atoms with Crippen molar-refractivity contribution >= 4 is 5.82 Å². The first kappa shape index (κ1) is 8.51. The van der Waals surface area contributed by atoms with Gasteiger partial charge >= 0.3 is 0 Å². The zero-order chi connectivity index (χ0) is 9.26. The normalized spacial score (nSPS) is 27.8. The van der Waals surface area contributed by atoms with Crippen molar-refractivity contribution in [3.05, 3.63) is 23.9 Å². The lowest BCUT2D eigenvalue weighted by atomic mass is 9.97. The summed E-state index contributed by atoms with van der Waals surface area (Å²) in [5, 5.41) is 9.67. The van der Waals surface area contributed by atoms with Gasteiger partial charge in [0.2, 0.25) is 0 Å². The van der Waals surface area contributed by atoms with E-state index in [9.17, 15) is 5.11 Å². The van der Waals surface area contributed by atoms with Gasteiger partial charge in [0.15, 0.2) is 0 Å². The number of pyridine rings is 1. The molecule has 0 unspecified atom stereocenters. The Hall–Kier alpha value is -1.09. The topological polar surface area (TPSA) is 59.1 Å². The van der Waals surface area contributed by atoms with Crippen LogP contribution >= 0.6 is 0 Å². The fourth-order valence-corrected chi connectivity index (χ4v) is 2.03. The zero-order valence-electron chi connectivity index (χ0n) is 7.48. The lowest BCUT2D eigenvalue weighted by Gasteiger charge is -2.14. The third-order valence-corrected chi connectivity index (χ3v) is 2.71. The first-order valence-corrected chi connectivity index (χ1v) is 4.67. The number of nitrogens with two attached hydrogens (primary N) is 1. The van der Waals surface area contributed by atoms with Crippen LogP contribution in [0.2, 0.25) is 0 Å². The minimum atomic E-state index is -0.193. The maximum atomic E-state index is 9.67. The molecular formula is C10H14N2O. The van der Waals surface area contributed by atoms with Crippen molar-refractivity contribution in [3.63, 3.8) is 0 Å². The molecule has 2 atom stereocenters. The van der Waals surface area contributed by atoms with Crippen LogP contribution in [0, 0.1) is 0 Å². The fraction of sp³-hybridized carbons (Fsp3) is 0.500. The Labute approximate surface area is 77.6 Å². The Morgan fingerprint density at radius 3 is 2.92 bits per heavy atom. The summed E-state index contributed by atoms with van der Waals surface area (Å²) in [5.74, 6) is 0.807. The minimum Gasteiger partial charge on any atom is -0.392 e. The number of hydrogen-bond acceptors (Lipinski definition) is 3. The molecule has 0 radical (unpaired) electrons. The molecular weight excluding hydrogens is 164 g/mol. The predicted molar refractivity (Wildman–Crippen MR) is 51.2 cm³/mol. The molecule has 1 saturated carbocycles. The summed E-state index contributed by atoms with van der Waals surface area (Å²) in [5.41, 5.74) is 6.70. The van der Waals surface area contributed by atoms with E-state index >= 15 is 0 Å². The number of aromatic nitrogens is 1. The Balaban J connectivity index is 2.24. The van der Waals surface area contributed by atoms with Crippen molar-refractivity contribution < 1.29 is 5.11 Å². The molecule has 2 rings (SSSR count). The molecule has 0 saturated heterocycles. The summed E-state index contributed by atoms with van der Waals surface area (Å²) in [4.78, 5) is 3.93. The summed E-state index contributed by atoms with van der Waals surface area (Å²) in [6, 6.07) is 3.80. The average Bonchev–Trinajstić information content (AvgIpc) is 2.51. The van der Waals surface area contributed by atoms with E-state index in [1.54, 1.807) is 6.20 Å². The molecule has 0 spiro atoms. The number of nitrogen functional groups attached to an aromatic ring is 1. The van der Waals surface area contributed by atoms with Crippen LogP contribution in [-0.2, 0) is 0 Å². The van der Waals surface area contributed by atoms with E-state index in [4.69, 9.17) is 5.73 Å². The zero-order valence-corrected chi connectivity index (χ0v) is 7.48. The third kappa shape index (κ3) is 1.65. The van der Waals surface area contributed by atoms with E-state index < -0.39 is 0 Å². The highest BCUT2D eigenvalue weighted by molar-refractivity contribution is 5.34. The summed E-state index contributed by atoms with van der Waals surface area (Å²) >= 11 is 0. The van der Waals surface area contributed by atoms with E-state index in [1.807, 2.05) is 12.1 Å². The van der Waals surface area contributed by atoms with Crippen LogP contribution in [0.4, 0.5) is 5.82 Å². The maximum absolute atomic E-state index is 9.67. The molecule has 1 fully saturated rings. The predicted octanol–water partition coefficient (Wildman–Crippen LogP) is 1.29. The number of rotatable bonds is 1. The quantitative estimate of drug-likeness (QED) is 0.681. The second kappa shape index (κ2) is 3.34. The highest BCUT2D eigenvalue weighted by Gasteiger charge is 2.26. The van der Waals surface area contributed by atoms with Gasteiger partial charge < -0.3 is 10.8 Å². The van der Waals surface area contributed by atoms with Crippen molar-refractivity contribution in [2.24, 2.45) is 0 Å². The second-order valence-electron chi connectivity index (χ2n) is 3.62. The maximum Gasteiger partial charge on any atom is 0.123 e. The van der Waals surface area contributed by atoms with Crippen LogP contribution in [0.3, 0.4) is 0 Å². The van der Waals surface area contributed by atoms with E-state index in [-0.39, 0.29) is 12.0 Å². The molecule has 0 aliphatic heterocycles. The van der Waals surface area contributed by atoms with Crippen LogP contribution < -0.4 is 5.73 Å². The lowest BCUT2D eigenvalue weighted by Crippen LogP contribution is -2.11. The first-order valence-electron chi connectivity index (χ1n) is 4.67. The van der Waals surface area contributed by atoms with E-state index in [2.05, 4.69) is 4.98 Å². The Morgan fingerprint density at radius 2 is 2.31 bits per heavy atom. The minimum absolute atomic E-state index is 0.193. The lowest BCUT2D eigenvalue weighted by molar-refractivity contribution is 0.164. The third-order valence-electron chi connectivity index (χ3n) is 2.71. The van der Waals surface area contributed by atoms with Crippen LogP contribution in [0.5, 0.6) is 0 Å². The highest BCUT2D eigenvalue weighted by Crippen LogP contribution is 2.34. The van der Waals surface area contributed by atoms with Gasteiger partial charge in [-0.2, -0.15) is 0 Å². The van der Waals surface area contributed by atoms with E-state index in [0.29, 0.717) is 5.82 Å². The van der Waals surface area contributed by atoms with Crippen molar-refractivity contribution in [1.29, 1.82) is 0 Å². The molecule has 1 heterocycles. The van der Waals surface area contributed by atoms with Crippen LogP contribution in [0.1, 0.15) is 30.7 Å². The molecule has 13 heavy (non-hydrogen) atoms. The number of aliphatic hydroxyl groups is 1. The summed E-state index contributed by atoms with van der Waals surface area (Å²) in [6.07, 6.45) is 4.59. The van der Waals surface area contributed by atoms with Crippen molar-refractivity contribution in [1.82, 2.24) is 4.98 Å². The highest BCUT2D eigenvalue weighted by atomic mass is 16.3. The van der Waals surface area contributed by atoms with Crippen LogP contribution in [0.25, 0.3) is 0 Å². The van der Waals surface area contributed by atoms with Gasteiger partial charge in [0.25, 0.3) is 0 Å². The Morgan fingerprint density at radius 1 is 1.46 bits per heavy atom. The Kier molecular flexibility index (Phi) is 2.19. The molecule has 0 aromatic carbocycles. The second-order valence-corrected chi connectivity index (χ2v) is 3.62. The molecule has 3 N–H and O–H groups in total.